The zero-order valence-electron chi connectivity index (χ0n) is 9.98. The summed E-state index contributed by atoms with van der Waals surface area (Å²) in [4.78, 5) is 11.2. The predicted molar refractivity (Wildman–Crippen MR) is 65.8 cm³/mol. The molecule has 1 unspecified atom stereocenters. The summed E-state index contributed by atoms with van der Waals surface area (Å²) in [6.45, 7) is 2.29. The third kappa shape index (κ3) is 3.75. The molecule has 3 N–H and O–H groups in total. The number of ether oxygens (including phenoxy) is 1. The van der Waals surface area contributed by atoms with Crippen LogP contribution in [-0.2, 0) is 4.79 Å². The van der Waals surface area contributed by atoms with E-state index in [2.05, 4.69) is 5.32 Å². The van der Waals surface area contributed by atoms with Gasteiger partial charge < -0.3 is 15.8 Å². The number of amides is 1. The molecule has 1 aliphatic rings. The Morgan fingerprint density at radius 1 is 1.59 bits per heavy atom. The normalized spacial score (nSPS) is 16.5. The van der Waals surface area contributed by atoms with Gasteiger partial charge in [0, 0.05) is 6.04 Å². The second-order valence-electron chi connectivity index (χ2n) is 4.52. The molecule has 0 heterocycles. The van der Waals surface area contributed by atoms with Crippen LogP contribution in [0, 0.1) is 6.92 Å². The first-order valence-corrected chi connectivity index (χ1v) is 5.90. The standard InChI is InChI=1S/C13H18N2O2/c1-9-3-2-4-11(7-9)17-8-12(13(14)16)15-10-5-6-10/h2-4,7,10,12,15H,5-6,8H2,1H3,(H2,14,16). The van der Waals surface area contributed by atoms with Crippen molar-refractivity contribution in [3.05, 3.63) is 29.8 Å². The van der Waals surface area contributed by atoms with Gasteiger partial charge in [-0.3, -0.25) is 4.79 Å². The lowest BCUT2D eigenvalue weighted by Crippen LogP contribution is -2.46. The lowest BCUT2D eigenvalue weighted by Gasteiger charge is -2.16. The number of aryl methyl sites for hydroxylation is 1. The van der Waals surface area contributed by atoms with Crippen molar-refractivity contribution in [2.24, 2.45) is 5.73 Å². The molecule has 0 radical (unpaired) electrons. The largest absolute Gasteiger partial charge is 0.491 e. The summed E-state index contributed by atoms with van der Waals surface area (Å²) < 4.78 is 5.58. The average molecular weight is 234 g/mol. The van der Waals surface area contributed by atoms with E-state index in [0.29, 0.717) is 6.04 Å². The number of primary amides is 1. The summed E-state index contributed by atoms with van der Waals surface area (Å²) in [7, 11) is 0. The predicted octanol–water partition coefficient (Wildman–Crippen LogP) is 0.980. The lowest BCUT2D eigenvalue weighted by atomic mass is 10.2. The van der Waals surface area contributed by atoms with Crippen molar-refractivity contribution in [2.45, 2.75) is 31.8 Å². The molecule has 1 amide bonds. The number of rotatable bonds is 6. The highest BCUT2D eigenvalue weighted by Crippen LogP contribution is 2.19. The third-order valence-electron chi connectivity index (χ3n) is 2.76. The molecule has 0 spiro atoms. The fraction of sp³-hybridized carbons (Fsp3) is 0.462. The van der Waals surface area contributed by atoms with Crippen LogP contribution in [0.15, 0.2) is 24.3 Å². The first-order chi connectivity index (χ1) is 8.15. The fourth-order valence-corrected chi connectivity index (χ4v) is 1.63. The monoisotopic (exact) mass is 234 g/mol. The molecule has 2 rings (SSSR count). The maximum Gasteiger partial charge on any atom is 0.238 e. The fourth-order valence-electron chi connectivity index (χ4n) is 1.63. The zero-order chi connectivity index (χ0) is 12.3. The van der Waals surface area contributed by atoms with Crippen LogP contribution in [0.3, 0.4) is 0 Å². The van der Waals surface area contributed by atoms with Gasteiger partial charge in [0.25, 0.3) is 0 Å². The Kier molecular flexibility index (Phi) is 3.64. The van der Waals surface area contributed by atoms with E-state index in [1.54, 1.807) is 0 Å². The van der Waals surface area contributed by atoms with Gasteiger partial charge >= 0.3 is 0 Å². The van der Waals surface area contributed by atoms with Crippen LogP contribution in [0.25, 0.3) is 0 Å². The minimum absolute atomic E-state index is 0.287. The van der Waals surface area contributed by atoms with E-state index >= 15 is 0 Å². The number of hydrogen-bond donors (Lipinski definition) is 2. The lowest BCUT2D eigenvalue weighted by molar-refractivity contribution is -0.120. The Bertz CT molecular complexity index is 402. The molecular weight excluding hydrogens is 216 g/mol. The smallest absolute Gasteiger partial charge is 0.238 e. The molecule has 4 nitrogen and oxygen atoms in total. The van der Waals surface area contributed by atoms with E-state index in [1.807, 2.05) is 31.2 Å². The van der Waals surface area contributed by atoms with Gasteiger partial charge in [-0.2, -0.15) is 0 Å². The van der Waals surface area contributed by atoms with Crippen LogP contribution in [0.2, 0.25) is 0 Å². The van der Waals surface area contributed by atoms with E-state index < -0.39 is 6.04 Å². The van der Waals surface area contributed by atoms with Gasteiger partial charge in [-0.15, -0.1) is 0 Å². The number of hydrogen-bond acceptors (Lipinski definition) is 3. The van der Waals surface area contributed by atoms with Crippen LogP contribution in [0.5, 0.6) is 5.75 Å². The van der Waals surface area contributed by atoms with E-state index in [4.69, 9.17) is 10.5 Å². The number of carbonyl (C=O) groups excluding carboxylic acids is 1. The van der Waals surface area contributed by atoms with Crippen LogP contribution < -0.4 is 15.8 Å². The summed E-state index contributed by atoms with van der Waals surface area (Å²) in [5, 5.41) is 3.18. The molecule has 17 heavy (non-hydrogen) atoms. The molecule has 1 saturated carbocycles. The highest BCUT2D eigenvalue weighted by molar-refractivity contribution is 5.80. The average Bonchev–Trinajstić information content (AvgIpc) is 3.07. The summed E-state index contributed by atoms with van der Waals surface area (Å²) in [5.74, 6) is 0.415. The number of nitrogens with two attached hydrogens (primary N) is 1. The minimum atomic E-state index is -0.400. The van der Waals surface area contributed by atoms with Crippen LogP contribution in [0.4, 0.5) is 0 Å². The van der Waals surface area contributed by atoms with Crippen LogP contribution in [-0.4, -0.2) is 24.6 Å². The Balaban J connectivity index is 1.87. The van der Waals surface area contributed by atoms with Crippen LogP contribution in [0.1, 0.15) is 18.4 Å². The van der Waals surface area contributed by atoms with Crippen molar-refractivity contribution in [1.82, 2.24) is 5.32 Å². The molecule has 0 aromatic heterocycles. The molecule has 1 fully saturated rings. The Morgan fingerprint density at radius 2 is 2.35 bits per heavy atom. The summed E-state index contributed by atoms with van der Waals surface area (Å²) >= 11 is 0. The van der Waals surface area contributed by atoms with Gasteiger partial charge in [0.15, 0.2) is 0 Å². The first-order valence-electron chi connectivity index (χ1n) is 5.90. The second-order valence-corrected chi connectivity index (χ2v) is 4.52. The molecule has 4 heteroatoms. The Hall–Kier alpha value is -1.55. The molecule has 1 aliphatic carbocycles. The maximum atomic E-state index is 11.2. The van der Waals surface area contributed by atoms with Gasteiger partial charge in [0.1, 0.15) is 18.4 Å². The summed E-state index contributed by atoms with van der Waals surface area (Å²) in [5.41, 5.74) is 6.46. The quantitative estimate of drug-likeness (QED) is 0.771. The molecule has 0 aliphatic heterocycles. The van der Waals surface area contributed by atoms with Crippen molar-refractivity contribution in [3.63, 3.8) is 0 Å². The molecule has 92 valence electrons. The van der Waals surface area contributed by atoms with Crippen molar-refractivity contribution >= 4 is 5.91 Å². The molecule has 0 saturated heterocycles. The molecular formula is C13H18N2O2. The van der Waals surface area contributed by atoms with Gasteiger partial charge in [-0.05, 0) is 37.5 Å². The highest BCUT2D eigenvalue weighted by atomic mass is 16.5. The number of carbonyl (C=O) groups is 1. The molecule has 1 aromatic rings. The van der Waals surface area contributed by atoms with Crippen molar-refractivity contribution in [2.75, 3.05) is 6.61 Å². The maximum absolute atomic E-state index is 11.2. The van der Waals surface area contributed by atoms with Crippen molar-refractivity contribution in [1.29, 1.82) is 0 Å². The van der Waals surface area contributed by atoms with Crippen molar-refractivity contribution < 1.29 is 9.53 Å². The number of nitrogens with one attached hydrogen (secondary N) is 1. The van der Waals surface area contributed by atoms with E-state index in [-0.39, 0.29) is 12.5 Å². The van der Waals surface area contributed by atoms with Gasteiger partial charge in [0.05, 0.1) is 0 Å². The molecule has 1 atom stereocenters. The third-order valence-corrected chi connectivity index (χ3v) is 2.76. The molecule has 1 aromatic carbocycles. The second kappa shape index (κ2) is 5.19. The van der Waals surface area contributed by atoms with Gasteiger partial charge in [-0.25, -0.2) is 0 Å². The topological polar surface area (TPSA) is 64.3 Å². The van der Waals surface area contributed by atoms with Crippen molar-refractivity contribution in [3.8, 4) is 5.75 Å². The Morgan fingerprint density at radius 3 is 2.94 bits per heavy atom. The summed E-state index contributed by atoms with van der Waals surface area (Å²) in [6, 6.07) is 7.79. The van der Waals surface area contributed by atoms with E-state index in [0.717, 1.165) is 24.2 Å². The first kappa shape index (κ1) is 11.9. The van der Waals surface area contributed by atoms with Gasteiger partial charge in [-0.1, -0.05) is 12.1 Å². The SMILES string of the molecule is Cc1cccc(OCC(NC2CC2)C(N)=O)c1. The molecule has 0 bridgehead atoms. The summed E-state index contributed by atoms with van der Waals surface area (Å²) in [6.07, 6.45) is 2.24. The highest BCUT2D eigenvalue weighted by Gasteiger charge is 2.27. The van der Waals surface area contributed by atoms with Gasteiger partial charge in [0.2, 0.25) is 5.91 Å². The Labute approximate surface area is 101 Å². The van der Waals surface area contributed by atoms with E-state index in [9.17, 15) is 4.79 Å². The van der Waals surface area contributed by atoms with Crippen LogP contribution >= 0.6 is 0 Å². The zero-order valence-corrected chi connectivity index (χ0v) is 9.98. The van der Waals surface area contributed by atoms with E-state index in [1.165, 1.54) is 0 Å². The minimum Gasteiger partial charge on any atom is -0.491 e. The number of benzene rings is 1.